The first-order valence-electron chi connectivity index (χ1n) is 6.78. The molecule has 0 spiro atoms. The number of hydrogen-bond donors (Lipinski definition) is 1. The van der Waals surface area contributed by atoms with Crippen molar-refractivity contribution < 1.29 is 9.32 Å². The minimum absolute atomic E-state index is 0.0183. The largest absolute Gasteiger partial charge is 0.351 e. The van der Waals surface area contributed by atoms with Crippen molar-refractivity contribution in [3.8, 4) is 0 Å². The summed E-state index contributed by atoms with van der Waals surface area (Å²) in [6.45, 7) is 2.80. The van der Waals surface area contributed by atoms with Crippen molar-refractivity contribution in [2.24, 2.45) is 5.92 Å². The van der Waals surface area contributed by atoms with E-state index in [1.165, 1.54) is 25.5 Å². The summed E-state index contributed by atoms with van der Waals surface area (Å²) in [6.07, 6.45) is 6.33. The first kappa shape index (κ1) is 11.7. The van der Waals surface area contributed by atoms with E-state index in [1.54, 1.807) is 6.07 Å². The highest BCUT2D eigenvalue weighted by Crippen LogP contribution is 2.25. The summed E-state index contributed by atoms with van der Waals surface area (Å²) in [5.41, 5.74) is 0. The molecular weight excluding hydrogens is 230 g/mol. The van der Waals surface area contributed by atoms with Crippen LogP contribution in [-0.2, 0) is 0 Å². The molecule has 98 valence electrons. The van der Waals surface area contributed by atoms with Crippen LogP contribution in [-0.4, -0.2) is 41.6 Å². The minimum atomic E-state index is -0.0183. The lowest BCUT2D eigenvalue weighted by molar-refractivity contribution is 0.0610. The standard InChI is InChI=1S/C13H19N3O2/c17-13(12-5-7-15-18-12)16-8-2-3-10(9-16)11-4-1-6-14-11/h5,7,10-11,14H,1-4,6,8-9H2. The molecule has 0 radical (unpaired) electrons. The smallest absolute Gasteiger partial charge is 0.292 e. The maximum atomic E-state index is 12.2. The molecule has 1 amide bonds. The Hall–Kier alpha value is -1.36. The van der Waals surface area contributed by atoms with Crippen LogP contribution in [0.15, 0.2) is 16.8 Å². The van der Waals surface area contributed by atoms with Gasteiger partial charge in [0.15, 0.2) is 0 Å². The Morgan fingerprint density at radius 2 is 2.39 bits per heavy atom. The molecule has 1 N–H and O–H groups in total. The van der Waals surface area contributed by atoms with Gasteiger partial charge in [0.25, 0.3) is 5.91 Å². The molecule has 2 saturated heterocycles. The molecule has 1 aromatic heterocycles. The Balaban J connectivity index is 1.64. The Kier molecular flexibility index (Phi) is 3.32. The van der Waals surface area contributed by atoms with E-state index in [4.69, 9.17) is 4.52 Å². The van der Waals surface area contributed by atoms with Crippen molar-refractivity contribution >= 4 is 5.91 Å². The molecule has 0 saturated carbocycles. The quantitative estimate of drug-likeness (QED) is 0.857. The number of piperidine rings is 1. The Morgan fingerprint density at radius 1 is 1.44 bits per heavy atom. The van der Waals surface area contributed by atoms with Crippen LogP contribution in [0.3, 0.4) is 0 Å². The van der Waals surface area contributed by atoms with Gasteiger partial charge in [-0.05, 0) is 38.1 Å². The van der Waals surface area contributed by atoms with Crippen LogP contribution >= 0.6 is 0 Å². The molecule has 0 bridgehead atoms. The maximum Gasteiger partial charge on any atom is 0.292 e. The Labute approximate surface area is 107 Å². The van der Waals surface area contributed by atoms with Crippen LogP contribution < -0.4 is 5.32 Å². The van der Waals surface area contributed by atoms with Crippen molar-refractivity contribution in [2.75, 3.05) is 19.6 Å². The first-order chi connectivity index (χ1) is 8.84. The minimum Gasteiger partial charge on any atom is -0.351 e. The van der Waals surface area contributed by atoms with Gasteiger partial charge in [-0.15, -0.1) is 0 Å². The van der Waals surface area contributed by atoms with Gasteiger partial charge in [-0.1, -0.05) is 5.16 Å². The molecule has 5 heteroatoms. The van der Waals surface area contributed by atoms with Crippen molar-refractivity contribution in [1.29, 1.82) is 0 Å². The Morgan fingerprint density at radius 3 is 3.11 bits per heavy atom. The first-order valence-corrected chi connectivity index (χ1v) is 6.78. The molecule has 2 aliphatic rings. The second-order valence-corrected chi connectivity index (χ2v) is 5.23. The average molecular weight is 249 g/mol. The predicted molar refractivity (Wildman–Crippen MR) is 66.2 cm³/mol. The maximum absolute atomic E-state index is 12.2. The summed E-state index contributed by atoms with van der Waals surface area (Å²) >= 11 is 0. The molecular formula is C13H19N3O2. The van der Waals surface area contributed by atoms with Gasteiger partial charge in [-0.2, -0.15) is 0 Å². The van der Waals surface area contributed by atoms with Gasteiger partial charge >= 0.3 is 0 Å². The average Bonchev–Trinajstić information content (AvgIpc) is 3.11. The van der Waals surface area contributed by atoms with E-state index in [1.807, 2.05) is 4.90 Å². The zero-order valence-corrected chi connectivity index (χ0v) is 10.5. The molecule has 2 unspecified atom stereocenters. The number of carbonyl (C=O) groups is 1. The van der Waals surface area contributed by atoms with Gasteiger partial charge < -0.3 is 14.7 Å². The normalized spacial score (nSPS) is 28.6. The second kappa shape index (κ2) is 5.10. The second-order valence-electron chi connectivity index (χ2n) is 5.23. The summed E-state index contributed by atoms with van der Waals surface area (Å²) in [5, 5.41) is 7.15. The van der Waals surface area contributed by atoms with Gasteiger partial charge in [0, 0.05) is 25.2 Å². The lowest BCUT2D eigenvalue weighted by Gasteiger charge is -2.35. The fraction of sp³-hybridized carbons (Fsp3) is 0.692. The van der Waals surface area contributed by atoms with E-state index in [-0.39, 0.29) is 5.91 Å². The van der Waals surface area contributed by atoms with Crippen LogP contribution in [0.4, 0.5) is 0 Å². The third-order valence-corrected chi connectivity index (χ3v) is 4.06. The molecule has 5 nitrogen and oxygen atoms in total. The summed E-state index contributed by atoms with van der Waals surface area (Å²) in [5.74, 6) is 0.929. The SMILES string of the molecule is O=C(c1ccno1)N1CCCC(C2CCCN2)C1. The number of hydrogen-bond acceptors (Lipinski definition) is 4. The number of carbonyl (C=O) groups excluding carboxylic acids is 1. The number of rotatable bonds is 2. The molecule has 2 atom stereocenters. The highest BCUT2D eigenvalue weighted by Gasteiger charge is 2.31. The van der Waals surface area contributed by atoms with Crippen LogP contribution in [0, 0.1) is 5.92 Å². The lowest BCUT2D eigenvalue weighted by Crippen LogP contribution is -2.45. The van der Waals surface area contributed by atoms with Crippen molar-refractivity contribution in [3.63, 3.8) is 0 Å². The zero-order chi connectivity index (χ0) is 12.4. The molecule has 3 rings (SSSR count). The highest BCUT2D eigenvalue weighted by atomic mass is 16.5. The van der Waals surface area contributed by atoms with Gasteiger partial charge in [0.05, 0.1) is 6.20 Å². The monoisotopic (exact) mass is 249 g/mol. The van der Waals surface area contributed by atoms with E-state index in [9.17, 15) is 4.79 Å². The lowest BCUT2D eigenvalue weighted by atomic mass is 9.89. The summed E-state index contributed by atoms with van der Waals surface area (Å²) in [7, 11) is 0. The highest BCUT2D eigenvalue weighted by molar-refractivity contribution is 5.91. The van der Waals surface area contributed by atoms with Crippen molar-refractivity contribution in [2.45, 2.75) is 31.7 Å². The molecule has 2 fully saturated rings. The van der Waals surface area contributed by atoms with Crippen LogP contribution in [0.1, 0.15) is 36.2 Å². The van der Waals surface area contributed by atoms with Crippen molar-refractivity contribution in [3.05, 3.63) is 18.0 Å². The third kappa shape index (κ3) is 2.27. The summed E-state index contributed by atoms with van der Waals surface area (Å²) in [6, 6.07) is 2.23. The molecule has 2 aliphatic heterocycles. The molecule has 3 heterocycles. The van der Waals surface area contributed by atoms with Crippen LogP contribution in [0.5, 0.6) is 0 Å². The topological polar surface area (TPSA) is 58.4 Å². The van der Waals surface area contributed by atoms with E-state index in [0.717, 1.165) is 26.1 Å². The fourth-order valence-corrected chi connectivity index (χ4v) is 3.12. The van der Waals surface area contributed by atoms with Crippen LogP contribution in [0.25, 0.3) is 0 Å². The number of nitrogens with one attached hydrogen (secondary N) is 1. The molecule has 0 aromatic carbocycles. The number of nitrogens with zero attached hydrogens (tertiary/aromatic N) is 2. The van der Waals surface area contributed by atoms with Gasteiger partial charge in [-0.3, -0.25) is 4.79 Å². The van der Waals surface area contributed by atoms with E-state index in [2.05, 4.69) is 10.5 Å². The van der Waals surface area contributed by atoms with Gasteiger partial charge in [0.1, 0.15) is 0 Å². The van der Waals surface area contributed by atoms with Gasteiger partial charge in [0.2, 0.25) is 5.76 Å². The Bertz CT molecular complexity index is 398. The molecule has 1 aromatic rings. The number of amides is 1. The molecule has 18 heavy (non-hydrogen) atoms. The fourth-order valence-electron chi connectivity index (χ4n) is 3.12. The third-order valence-electron chi connectivity index (χ3n) is 4.06. The zero-order valence-electron chi connectivity index (χ0n) is 10.5. The predicted octanol–water partition coefficient (Wildman–Crippen LogP) is 1.28. The molecule has 0 aliphatic carbocycles. The summed E-state index contributed by atoms with van der Waals surface area (Å²) in [4.78, 5) is 14.1. The van der Waals surface area contributed by atoms with Crippen molar-refractivity contribution in [1.82, 2.24) is 15.4 Å². The number of likely N-dealkylation sites (tertiary alicyclic amines) is 1. The van der Waals surface area contributed by atoms with E-state index in [0.29, 0.717) is 17.7 Å². The van der Waals surface area contributed by atoms with Gasteiger partial charge in [-0.25, -0.2) is 0 Å². The van der Waals surface area contributed by atoms with Crippen LogP contribution in [0.2, 0.25) is 0 Å². The van der Waals surface area contributed by atoms with E-state index >= 15 is 0 Å². The van der Waals surface area contributed by atoms with E-state index < -0.39 is 0 Å². The number of aromatic nitrogens is 1. The summed E-state index contributed by atoms with van der Waals surface area (Å²) < 4.78 is 4.95.